The molecular formula is C8H15NO3S. The predicted molar refractivity (Wildman–Crippen MR) is 52.9 cm³/mol. The molecule has 0 aliphatic heterocycles. The normalized spacial score (nSPS) is 12.6. The molecule has 0 aromatic heterocycles. The van der Waals surface area contributed by atoms with E-state index in [9.17, 15) is 9.59 Å². The molecule has 0 rings (SSSR count). The number of carboxylic acids is 1. The Hall–Kier alpha value is -0.710. The smallest absolute Gasteiger partial charge is 0.326 e. The third-order valence-electron chi connectivity index (χ3n) is 1.48. The van der Waals surface area contributed by atoms with Crippen LogP contribution in [0.15, 0.2) is 0 Å². The first-order chi connectivity index (χ1) is 5.97. The minimum Gasteiger partial charge on any atom is -0.480 e. The van der Waals surface area contributed by atoms with Crippen molar-refractivity contribution in [1.29, 1.82) is 0 Å². The van der Waals surface area contributed by atoms with Crippen molar-refractivity contribution < 1.29 is 14.7 Å². The van der Waals surface area contributed by atoms with Crippen molar-refractivity contribution in [1.82, 2.24) is 5.32 Å². The van der Waals surface area contributed by atoms with Crippen LogP contribution >= 0.6 is 12.6 Å². The Bertz CT molecular complexity index is 194. The summed E-state index contributed by atoms with van der Waals surface area (Å²) in [5.74, 6) is -1.09. The second-order valence-electron chi connectivity index (χ2n) is 3.25. The Labute approximate surface area is 83.1 Å². The van der Waals surface area contributed by atoms with Crippen LogP contribution in [0.5, 0.6) is 0 Å². The first-order valence-electron chi connectivity index (χ1n) is 4.10. The molecule has 1 amide bonds. The molecule has 0 aromatic rings. The first kappa shape index (κ1) is 12.3. The average Bonchev–Trinajstić information content (AvgIpc) is 2.02. The fourth-order valence-corrected chi connectivity index (χ4v) is 1.02. The molecule has 76 valence electrons. The Kier molecular flexibility index (Phi) is 5.53. The summed E-state index contributed by atoms with van der Waals surface area (Å²) in [6, 6.07) is -0.792. The van der Waals surface area contributed by atoms with Crippen LogP contribution in [0.1, 0.15) is 20.3 Å². The minimum absolute atomic E-state index is 0.0157. The molecule has 13 heavy (non-hydrogen) atoms. The second-order valence-corrected chi connectivity index (χ2v) is 3.56. The van der Waals surface area contributed by atoms with Gasteiger partial charge in [0.15, 0.2) is 0 Å². The van der Waals surface area contributed by atoms with Gasteiger partial charge in [0.2, 0.25) is 5.91 Å². The number of rotatable bonds is 5. The van der Waals surface area contributed by atoms with Gasteiger partial charge in [0, 0.05) is 0 Å². The van der Waals surface area contributed by atoms with Crippen molar-refractivity contribution in [2.45, 2.75) is 26.3 Å². The van der Waals surface area contributed by atoms with Crippen LogP contribution in [0.3, 0.4) is 0 Å². The highest BCUT2D eigenvalue weighted by molar-refractivity contribution is 7.81. The maximum absolute atomic E-state index is 10.9. The van der Waals surface area contributed by atoms with E-state index in [1.807, 2.05) is 13.8 Å². The SMILES string of the molecule is CC(C)C[C@H](NC(=O)CS)C(=O)O. The van der Waals surface area contributed by atoms with E-state index in [0.29, 0.717) is 6.42 Å². The molecule has 0 bridgehead atoms. The highest BCUT2D eigenvalue weighted by atomic mass is 32.1. The molecule has 0 saturated carbocycles. The zero-order valence-corrected chi connectivity index (χ0v) is 8.67. The summed E-state index contributed by atoms with van der Waals surface area (Å²) < 4.78 is 0. The number of thiol groups is 1. The zero-order valence-electron chi connectivity index (χ0n) is 7.78. The highest BCUT2D eigenvalue weighted by Crippen LogP contribution is 2.04. The van der Waals surface area contributed by atoms with Gasteiger partial charge in [-0.2, -0.15) is 12.6 Å². The number of carbonyl (C=O) groups is 2. The fourth-order valence-electron chi connectivity index (χ4n) is 0.933. The molecular weight excluding hydrogens is 190 g/mol. The van der Waals surface area contributed by atoms with Crippen LogP contribution in [0.2, 0.25) is 0 Å². The Morgan fingerprint density at radius 3 is 2.31 bits per heavy atom. The van der Waals surface area contributed by atoms with Gasteiger partial charge < -0.3 is 10.4 Å². The Morgan fingerprint density at radius 1 is 1.46 bits per heavy atom. The molecule has 0 unspecified atom stereocenters. The van der Waals surface area contributed by atoms with Crippen LogP contribution in [0.4, 0.5) is 0 Å². The van der Waals surface area contributed by atoms with E-state index in [0.717, 1.165) is 0 Å². The van der Waals surface area contributed by atoms with Gasteiger partial charge in [-0.3, -0.25) is 4.79 Å². The maximum Gasteiger partial charge on any atom is 0.326 e. The van der Waals surface area contributed by atoms with E-state index >= 15 is 0 Å². The highest BCUT2D eigenvalue weighted by Gasteiger charge is 2.19. The fraction of sp³-hybridized carbons (Fsp3) is 0.750. The van der Waals surface area contributed by atoms with Gasteiger partial charge in [-0.15, -0.1) is 0 Å². The van der Waals surface area contributed by atoms with Gasteiger partial charge in [-0.05, 0) is 12.3 Å². The van der Waals surface area contributed by atoms with Crippen LogP contribution in [0, 0.1) is 5.92 Å². The molecule has 2 N–H and O–H groups in total. The van der Waals surface area contributed by atoms with Gasteiger partial charge in [0.25, 0.3) is 0 Å². The monoisotopic (exact) mass is 205 g/mol. The van der Waals surface area contributed by atoms with Crippen LogP contribution in [-0.4, -0.2) is 28.8 Å². The zero-order chi connectivity index (χ0) is 10.4. The van der Waals surface area contributed by atoms with Crippen LogP contribution in [-0.2, 0) is 9.59 Å². The van der Waals surface area contributed by atoms with Gasteiger partial charge in [-0.1, -0.05) is 13.8 Å². The Morgan fingerprint density at radius 2 is 2.00 bits per heavy atom. The topological polar surface area (TPSA) is 66.4 Å². The van der Waals surface area contributed by atoms with Crippen molar-refractivity contribution in [2.24, 2.45) is 5.92 Å². The van der Waals surface area contributed by atoms with Crippen LogP contribution in [0.25, 0.3) is 0 Å². The van der Waals surface area contributed by atoms with Gasteiger partial charge in [0.1, 0.15) is 6.04 Å². The number of nitrogens with one attached hydrogen (secondary N) is 1. The quantitative estimate of drug-likeness (QED) is 0.574. The second kappa shape index (κ2) is 5.85. The van der Waals surface area contributed by atoms with E-state index in [1.54, 1.807) is 0 Å². The maximum atomic E-state index is 10.9. The van der Waals surface area contributed by atoms with Crippen molar-refractivity contribution in [2.75, 3.05) is 5.75 Å². The third-order valence-corrected chi connectivity index (χ3v) is 1.77. The van der Waals surface area contributed by atoms with E-state index in [2.05, 4.69) is 17.9 Å². The lowest BCUT2D eigenvalue weighted by Gasteiger charge is -2.15. The molecule has 0 aromatic carbocycles. The number of aliphatic carboxylic acids is 1. The Balaban J connectivity index is 4.10. The molecule has 0 fully saturated rings. The van der Waals surface area contributed by atoms with Crippen LogP contribution < -0.4 is 5.32 Å². The van der Waals surface area contributed by atoms with E-state index < -0.39 is 12.0 Å². The molecule has 4 nitrogen and oxygen atoms in total. The van der Waals surface area contributed by atoms with E-state index in [1.165, 1.54) is 0 Å². The van der Waals surface area contributed by atoms with Crippen molar-refractivity contribution in [3.05, 3.63) is 0 Å². The molecule has 0 spiro atoms. The third kappa shape index (κ3) is 5.52. The molecule has 1 atom stereocenters. The largest absolute Gasteiger partial charge is 0.480 e. The molecule has 0 heterocycles. The van der Waals surface area contributed by atoms with E-state index in [4.69, 9.17) is 5.11 Å². The van der Waals surface area contributed by atoms with Crippen molar-refractivity contribution in [3.8, 4) is 0 Å². The summed E-state index contributed by atoms with van der Waals surface area (Å²) in [5.41, 5.74) is 0. The summed E-state index contributed by atoms with van der Waals surface area (Å²) in [5, 5.41) is 11.1. The van der Waals surface area contributed by atoms with Crippen molar-refractivity contribution in [3.63, 3.8) is 0 Å². The number of hydrogen-bond donors (Lipinski definition) is 3. The number of amides is 1. The summed E-state index contributed by atoms with van der Waals surface area (Å²) in [6.07, 6.45) is 0.439. The average molecular weight is 205 g/mol. The minimum atomic E-state index is -0.996. The summed E-state index contributed by atoms with van der Waals surface area (Å²) in [4.78, 5) is 21.5. The van der Waals surface area contributed by atoms with Gasteiger partial charge in [0.05, 0.1) is 5.75 Å². The number of carbonyl (C=O) groups excluding carboxylic acids is 1. The summed E-state index contributed by atoms with van der Waals surface area (Å²) >= 11 is 3.74. The lowest BCUT2D eigenvalue weighted by molar-refractivity contribution is -0.141. The molecule has 0 aliphatic carbocycles. The molecule has 5 heteroatoms. The summed E-state index contributed by atoms with van der Waals surface area (Å²) in [6.45, 7) is 3.81. The lowest BCUT2D eigenvalue weighted by Crippen LogP contribution is -2.42. The standard InChI is InChI=1S/C8H15NO3S/c1-5(2)3-6(8(11)12)9-7(10)4-13/h5-6,13H,3-4H2,1-2H3,(H,9,10)(H,11,12)/t6-/m0/s1. The lowest BCUT2D eigenvalue weighted by atomic mass is 10.0. The summed E-state index contributed by atoms with van der Waals surface area (Å²) in [7, 11) is 0. The van der Waals surface area contributed by atoms with E-state index in [-0.39, 0.29) is 17.6 Å². The first-order valence-corrected chi connectivity index (χ1v) is 4.73. The molecule has 0 radical (unpaired) electrons. The number of hydrogen-bond acceptors (Lipinski definition) is 3. The number of carboxylic acid groups (broad SMARTS) is 1. The predicted octanol–water partition coefficient (Wildman–Crippen LogP) is 0.532. The van der Waals surface area contributed by atoms with Gasteiger partial charge >= 0.3 is 5.97 Å². The van der Waals surface area contributed by atoms with Gasteiger partial charge in [-0.25, -0.2) is 4.79 Å². The molecule has 0 aliphatic rings. The molecule has 0 saturated heterocycles. The van der Waals surface area contributed by atoms with Crippen molar-refractivity contribution >= 4 is 24.5 Å².